The zero-order valence-corrected chi connectivity index (χ0v) is 6.49. The molecule has 0 radical (unpaired) electrons. The van der Waals surface area contributed by atoms with Gasteiger partial charge in [-0.3, -0.25) is 0 Å². The molecule has 11 heavy (non-hydrogen) atoms. The number of ether oxygens (including phenoxy) is 1. The van der Waals surface area contributed by atoms with E-state index in [0.29, 0.717) is 13.2 Å². The molecule has 1 aromatic rings. The lowest BCUT2D eigenvalue weighted by Crippen LogP contribution is -2.09. The van der Waals surface area contributed by atoms with E-state index in [1.165, 1.54) is 0 Å². The van der Waals surface area contributed by atoms with Crippen molar-refractivity contribution in [2.45, 2.75) is 19.6 Å². The molecule has 0 spiro atoms. The van der Waals surface area contributed by atoms with Crippen molar-refractivity contribution in [3.63, 3.8) is 0 Å². The van der Waals surface area contributed by atoms with Crippen molar-refractivity contribution in [1.29, 1.82) is 0 Å². The summed E-state index contributed by atoms with van der Waals surface area (Å²) < 4.78 is 10.1. The first-order valence-corrected chi connectivity index (χ1v) is 3.57. The highest BCUT2D eigenvalue weighted by atomic mass is 16.5. The Kier molecular flexibility index (Phi) is 3.14. The van der Waals surface area contributed by atoms with Crippen LogP contribution in [0.5, 0.6) is 0 Å². The summed E-state index contributed by atoms with van der Waals surface area (Å²) in [5, 5.41) is 8.83. The van der Waals surface area contributed by atoms with Gasteiger partial charge >= 0.3 is 0 Å². The third kappa shape index (κ3) is 3.20. The first kappa shape index (κ1) is 8.30. The second-order valence-corrected chi connectivity index (χ2v) is 2.44. The summed E-state index contributed by atoms with van der Waals surface area (Å²) >= 11 is 0. The van der Waals surface area contributed by atoms with E-state index in [9.17, 15) is 0 Å². The van der Waals surface area contributed by atoms with E-state index in [4.69, 9.17) is 14.3 Å². The highest BCUT2D eigenvalue weighted by Crippen LogP contribution is 2.01. The quantitative estimate of drug-likeness (QED) is 0.711. The van der Waals surface area contributed by atoms with Crippen LogP contribution in [0.15, 0.2) is 22.8 Å². The van der Waals surface area contributed by atoms with Crippen molar-refractivity contribution >= 4 is 0 Å². The van der Waals surface area contributed by atoms with E-state index in [1.54, 1.807) is 19.3 Å². The minimum atomic E-state index is -0.412. The Balaban J connectivity index is 2.14. The van der Waals surface area contributed by atoms with Gasteiger partial charge in [-0.25, -0.2) is 0 Å². The molecule has 0 amide bonds. The lowest BCUT2D eigenvalue weighted by Gasteiger charge is -2.03. The second-order valence-electron chi connectivity index (χ2n) is 2.44. The molecule has 1 atom stereocenters. The maximum absolute atomic E-state index is 8.83. The van der Waals surface area contributed by atoms with Crippen molar-refractivity contribution < 1.29 is 14.3 Å². The number of hydrogen-bond donors (Lipinski definition) is 1. The van der Waals surface area contributed by atoms with Crippen molar-refractivity contribution in [1.82, 2.24) is 0 Å². The van der Waals surface area contributed by atoms with Crippen molar-refractivity contribution in [2.24, 2.45) is 0 Å². The summed E-state index contributed by atoms with van der Waals surface area (Å²) in [5.74, 6) is 0.783. The summed E-state index contributed by atoms with van der Waals surface area (Å²) in [6.45, 7) is 2.46. The molecule has 0 aromatic carbocycles. The number of rotatable bonds is 4. The van der Waals surface area contributed by atoms with Gasteiger partial charge in [0.25, 0.3) is 0 Å². The Morgan fingerprint density at radius 3 is 3.09 bits per heavy atom. The van der Waals surface area contributed by atoms with E-state index >= 15 is 0 Å². The molecule has 62 valence electrons. The third-order valence-electron chi connectivity index (χ3n) is 1.18. The fraction of sp³-hybridized carbons (Fsp3) is 0.500. The van der Waals surface area contributed by atoms with Crippen LogP contribution in [0.1, 0.15) is 12.7 Å². The summed E-state index contributed by atoms with van der Waals surface area (Å²) in [4.78, 5) is 0. The first-order chi connectivity index (χ1) is 5.29. The monoisotopic (exact) mass is 156 g/mol. The van der Waals surface area contributed by atoms with Gasteiger partial charge in [0.2, 0.25) is 0 Å². The predicted molar refractivity (Wildman–Crippen MR) is 40.0 cm³/mol. The Morgan fingerprint density at radius 1 is 1.73 bits per heavy atom. The average molecular weight is 156 g/mol. The topological polar surface area (TPSA) is 42.6 Å². The van der Waals surface area contributed by atoms with Gasteiger partial charge in [0.05, 0.1) is 19.0 Å². The highest BCUT2D eigenvalue weighted by Gasteiger charge is 1.97. The Bertz CT molecular complexity index is 179. The normalized spacial score (nSPS) is 13.3. The summed E-state index contributed by atoms with van der Waals surface area (Å²) in [5.41, 5.74) is 0. The molecule has 0 aliphatic carbocycles. The zero-order valence-electron chi connectivity index (χ0n) is 6.49. The van der Waals surface area contributed by atoms with Crippen LogP contribution in [0.25, 0.3) is 0 Å². The number of hydrogen-bond acceptors (Lipinski definition) is 3. The fourth-order valence-electron chi connectivity index (χ4n) is 0.725. The molecular weight excluding hydrogens is 144 g/mol. The second kappa shape index (κ2) is 4.16. The summed E-state index contributed by atoms with van der Waals surface area (Å²) in [7, 11) is 0. The molecule has 0 unspecified atom stereocenters. The smallest absolute Gasteiger partial charge is 0.129 e. The Morgan fingerprint density at radius 2 is 2.55 bits per heavy atom. The highest BCUT2D eigenvalue weighted by molar-refractivity contribution is 4.95. The molecule has 1 N–H and O–H groups in total. The number of furan rings is 1. The van der Waals surface area contributed by atoms with Crippen molar-refractivity contribution in [3.8, 4) is 0 Å². The summed E-state index contributed by atoms with van der Waals surface area (Å²) in [6.07, 6.45) is 1.19. The maximum atomic E-state index is 8.83. The first-order valence-electron chi connectivity index (χ1n) is 3.57. The van der Waals surface area contributed by atoms with Crippen LogP contribution in [0.4, 0.5) is 0 Å². The van der Waals surface area contributed by atoms with E-state index in [2.05, 4.69) is 0 Å². The van der Waals surface area contributed by atoms with Crippen LogP contribution in [-0.2, 0) is 11.3 Å². The molecule has 1 aromatic heterocycles. The largest absolute Gasteiger partial charge is 0.467 e. The summed E-state index contributed by atoms with van der Waals surface area (Å²) in [6, 6.07) is 3.64. The van der Waals surface area contributed by atoms with Gasteiger partial charge in [0.1, 0.15) is 12.4 Å². The molecule has 0 fully saturated rings. The van der Waals surface area contributed by atoms with Gasteiger partial charge in [-0.1, -0.05) is 0 Å². The van der Waals surface area contributed by atoms with Crippen LogP contribution >= 0.6 is 0 Å². The van der Waals surface area contributed by atoms with E-state index in [1.807, 2.05) is 6.07 Å². The van der Waals surface area contributed by atoms with Gasteiger partial charge < -0.3 is 14.3 Å². The van der Waals surface area contributed by atoms with Crippen LogP contribution in [0.2, 0.25) is 0 Å². The molecule has 0 saturated heterocycles. The van der Waals surface area contributed by atoms with Crippen LogP contribution in [0, 0.1) is 0 Å². The number of aliphatic hydroxyl groups excluding tert-OH is 1. The molecule has 0 aliphatic rings. The van der Waals surface area contributed by atoms with Crippen LogP contribution in [-0.4, -0.2) is 17.8 Å². The predicted octanol–water partition coefficient (Wildman–Crippen LogP) is 1.18. The zero-order chi connectivity index (χ0) is 8.10. The molecule has 0 bridgehead atoms. The number of aliphatic hydroxyl groups is 1. The lowest BCUT2D eigenvalue weighted by atomic mass is 10.4. The molecule has 0 saturated carbocycles. The minimum Gasteiger partial charge on any atom is -0.467 e. The molecule has 3 heteroatoms. The fourth-order valence-corrected chi connectivity index (χ4v) is 0.725. The average Bonchev–Trinajstić information content (AvgIpc) is 2.39. The van der Waals surface area contributed by atoms with Gasteiger partial charge in [0, 0.05) is 0 Å². The van der Waals surface area contributed by atoms with Gasteiger partial charge in [-0.15, -0.1) is 0 Å². The molecule has 0 aliphatic heterocycles. The van der Waals surface area contributed by atoms with E-state index < -0.39 is 6.10 Å². The van der Waals surface area contributed by atoms with Crippen LogP contribution in [0.3, 0.4) is 0 Å². The van der Waals surface area contributed by atoms with E-state index in [-0.39, 0.29) is 0 Å². The molecular formula is C8H12O3. The Labute approximate surface area is 65.6 Å². The Hall–Kier alpha value is -0.800. The van der Waals surface area contributed by atoms with Gasteiger partial charge in [-0.2, -0.15) is 0 Å². The third-order valence-corrected chi connectivity index (χ3v) is 1.18. The van der Waals surface area contributed by atoms with Crippen molar-refractivity contribution in [2.75, 3.05) is 6.61 Å². The van der Waals surface area contributed by atoms with E-state index in [0.717, 1.165) is 5.76 Å². The van der Waals surface area contributed by atoms with Crippen molar-refractivity contribution in [3.05, 3.63) is 24.2 Å². The SMILES string of the molecule is C[C@@H](O)COCc1ccco1. The van der Waals surface area contributed by atoms with Crippen LogP contribution < -0.4 is 0 Å². The lowest BCUT2D eigenvalue weighted by molar-refractivity contribution is 0.0308. The van der Waals surface area contributed by atoms with Gasteiger partial charge in [0.15, 0.2) is 0 Å². The molecule has 1 rings (SSSR count). The molecule has 1 heterocycles. The standard InChI is InChI=1S/C8H12O3/c1-7(9)5-10-6-8-3-2-4-11-8/h2-4,7,9H,5-6H2,1H3/t7-/m1/s1. The van der Waals surface area contributed by atoms with Gasteiger partial charge in [-0.05, 0) is 19.1 Å². The maximum Gasteiger partial charge on any atom is 0.129 e. The minimum absolute atomic E-state index is 0.348. The molecule has 3 nitrogen and oxygen atoms in total.